The lowest BCUT2D eigenvalue weighted by atomic mass is 9.87. The Balaban J connectivity index is 1.74. The number of rotatable bonds is 8. The summed E-state index contributed by atoms with van der Waals surface area (Å²) in [5.74, 6) is 1.57. The fourth-order valence-electron chi connectivity index (χ4n) is 3.02. The van der Waals surface area contributed by atoms with Crippen LogP contribution in [0.5, 0.6) is 5.75 Å². The topological polar surface area (TPSA) is 55.2 Å². The Morgan fingerprint density at radius 3 is 2.40 bits per heavy atom. The van der Waals surface area contributed by atoms with Crippen LogP contribution in [-0.4, -0.2) is 27.7 Å². The second-order valence-electron chi connectivity index (χ2n) is 8.36. The van der Waals surface area contributed by atoms with E-state index in [4.69, 9.17) is 17.0 Å². The molecule has 0 saturated carbocycles. The van der Waals surface area contributed by atoms with Crippen LogP contribution in [0.25, 0.3) is 11.4 Å². The smallest absolute Gasteiger partial charge is 0.216 e. The van der Waals surface area contributed by atoms with E-state index in [1.165, 1.54) is 18.4 Å². The molecule has 3 aromatic rings. The van der Waals surface area contributed by atoms with Gasteiger partial charge in [0.15, 0.2) is 5.82 Å². The largest absolute Gasteiger partial charge is 0.494 e. The number of unbranched alkanes of at least 4 members (excludes halogenated alkanes) is 2. The molecule has 1 aromatic heterocycles. The molecule has 0 atom stereocenters. The van der Waals surface area contributed by atoms with Gasteiger partial charge < -0.3 is 4.74 Å². The predicted molar refractivity (Wildman–Crippen MR) is 126 cm³/mol. The number of H-pyrrole nitrogens is 1. The zero-order valence-corrected chi connectivity index (χ0v) is 19.0. The van der Waals surface area contributed by atoms with E-state index in [1.807, 2.05) is 24.3 Å². The molecular weight excluding hydrogens is 392 g/mol. The van der Waals surface area contributed by atoms with E-state index in [0.717, 1.165) is 29.9 Å². The minimum atomic E-state index is 0.104. The number of ether oxygens (including phenoxy) is 1. The highest BCUT2D eigenvalue weighted by Crippen LogP contribution is 2.25. The average Bonchev–Trinajstić information content (AvgIpc) is 3.10. The lowest BCUT2D eigenvalue weighted by molar-refractivity contribution is 0.306. The van der Waals surface area contributed by atoms with E-state index in [1.54, 1.807) is 10.9 Å². The molecule has 0 aliphatic rings. The van der Waals surface area contributed by atoms with Gasteiger partial charge in [-0.25, -0.2) is 5.10 Å². The van der Waals surface area contributed by atoms with Crippen LogP contribution in [0.4, 0.5) is 0 Å². The lowest BCUT2D eigenvalue weighted by Crippen LogP contribution is -2.10. The predicted octanol–water partition coefficient (Wildman–Crippen LogP) is 6.36. The van der Waals surface area contributed by atoms with E-state index in [0.29, 0.717) is 10.6 Å². The van der Waals surface area contributed by atoms with Gasteiger partial charge >= 0.3 is 0 Å². The van der Waals surface area contributed by atoms with Crippen molar-refractivity contribution in [2.45, 2.75) is 52.4 Å². The quantitative estimate of drug-likeness (QED) is 0.261. The Kier molecular flexibility index (Phi) is 7.21. The van der Waals surface area contributed by atoms with E-state index in [2.05, 4.69) is 67.3 Å². The van der Waals surface area contributed by atoms with Crippen molar-refractivity contribution in [1.29, 1.82) is 0 Å². The highest BCUT2D eigenvalue weighted by atomic mass is 32.1. The first kappa shape index (κ1) is 22.0. The van der Waals surface area contributed by atoms with Crippen molar-refractivity contribution in [2.75, 3.05) is 6.61 Å². The standard InChI is InChI=1S/C24H30N4OS/c1-5-6-7-16-29-21-14-8-18(9-15-21)17-25-28-22(26-27-23(28)30)19-10-12-20(13-11-19)24(2,3)4/h8-15,17H,5-7,16H2,1-4H3,(H,27,30)/b25-17+. The van der Waals surface area contributed by atoms with Gasteiger partial charge in [-0.3, -0.25) is 0 Å². The summed E-state index contributed by atoms with van der Waals surface area (Å²) in [5, 5.41) is 11.8. The summed E-state index contributed by atoms with van der Waals surface area (Å²) < 4.78 is 7.87. The van der Waals surface area contributed by atoms with Crippen molar-refractivity contribution >= 4 is 18.4 Å². The molecular formula is C24H30N4OS. The molecule has 0 saturated heterocycles. The Bertz CT molecular complexity index is 1020. The summed E-state index contributed by atoms with van der Waals surface area (Å²) in [4.78, 5) is 0. The van der Waals surface area contributed by atoms with Crippen molar-refractivity contribution in [1.82, 2.24) is 14.9 Å². The molecule has 0 fully saturated rings. The number of benzene rings is 2. The minimum Gasteiger partial charge on any atom is -0.494 e. The molecule has 0 bridgehead atoms. The normalized spacial score (nSPS) is 11.9. The first-order valence-electron chi connectivity index (χ1n) is 10.4. The van der Waals surface area contributed by atoms with E-state index in [9.17, 15) is 0 Å². The van der Waals surface area contributed by atoms with Crippen LogP contribution in [0.15, 0.2) is 53.6 Å². The second kappa shape index (κ2) is 9.85. The number of nitrogens with zero attached hydrogens (tertiary/aromatic N) is 3. The summed E-state index contributed by atoms with van der Waals surface area (Å²) >= 11 is 5.37. The van der Waals surface area contributed by atoms with Crippen molar-refractivity contribution in [3.05, 3.63) is 64.4 Å². The highest BCUT2D eigenvalue weighted by molar-refractivity contribution is 7.71. The van der Waals surface area contributed by atoms with Gasteiger partial charge in [0.25, 0.3) is 0 Å². The minimum absolute atomic E-state index is 0.104. The van der Waals surface area contributed by atoms with Gasteiger partial charge in [0.05, 0.1) is 12.8 Å². The number of hydrogen-bond acceptors (Lipinski definition) is 4. The average molecular weight is 423 g/mol. The highest BCUT2D eigenvalue weighted by Gasteiger charge is 2.14. The number of aromatic amines is 1. The van der Waals surface area contributed by atoms with Gasteiger partial charge in [0.2, 0.25) is 4.77 Å². The Labute approximate surface area is 183 Å². The summed E-state index contributed by atoms with van der Waals surface area (Å²) in [6.45, 7) is 9.53. The van der Waals surface area contributed by atoms with Gasteiger partial charge in [-0.2, -0.15) is 14.9 Å². The third-order valence-electron chi connectivity index (χ3n) is 4.88. The Morgan fingerprint density at radius 1 is 1.07 bits per heavy atom. The molecule has 1 N–H and O–H groups in total. The van der Waals surface area contributed by atoms with Crippen LogP contribution < -0.4 is 4.74 Å². The monoisotopic (exact) mass is 422 g/mol. The van der Waals surface area contributed by atoms with Gasteiger partial charge in [0.1, 0.15) is 5.75 Å². The molecule has 0 radical (unpaired) electrons. The van der Waals surface area contributed by atoms with Gasteiger partial charge in [0, 0.05) is 5.56 Å². The summed E-state index contributed by atoms with van der Waals surface area (Å²) in [6.07, 6.45) is 5.24. The number of nitrogens with one attached hydrogen (secondary N) is 1. The van der Waals surface area contributed by atoms with Gasteiger partial charge in [-0.05, 0) is 59.4 Å². The fraction of sp³-hybridized carbons (Fsp3) is 0.375. The van der Waals surface area contributed by atoms with E-state index < -0.39 is 0 Å². The third-order valence-corrected chi connectivity index (χ3v) is 5.14. The van der Waals surface area contributed by atoms with Crippen molar-refractivity contribution in [3.8, 4) is 17.1 Å². The Hall–Kier alpha value is -2.73. The number of aromatic nitrogens is 3. The lowest BCUT2D eigenvalue weighted by Gasteiger charge is -2.18. The molecule has 30 heavy (non-hydrogen) atoms. The van der Waals surface area contributed by atoms with Crippen LogP contribution >= 0.6 is 12.2 Å². The van der Waals surface area contributed by atoms with Crippen molar-refractivity contribution in [2.24, 2.45) is 5.10 Å². The molecule has 0 unspecified atom stereocenters. The molecule has 6 heteroatoms. The van der Waals surface area contributed by atoms with E-state index in [-0.39, 0.29) is 5.41 Å². The molecule has 0 spiro atoms. The summed E-state index contributed by atoms with van der Waals surface area (Å²) in [5.41, 5.74) is 3.30. The molecule has 3 rings (SSSR count). The second-order valence-corrected chi connectivity index (χ2v) is 8.75. The van der Waals surface area contributed by atoms with Crippen LogP contribution in [0.3, 0.4) is 0 Å². The Morgan fingerprint density at radius 2 is 1.77 bits per heavy atom. The third kappa shape index (κ3) is 5.66. The summed E-state index contributed by atoms with van der Waals surface area (Å²) in [6, 6.07) is 16.3. The van der Waals surface area contributed by atoms with E-state index >= 15 is 0 Å². The van der Waals surface area contributed by atoms with Crippen LogP contribution in [0.1, 0.15) is 58.1 Å². The molecule has 0 aliphatic heterocycles. The molecule has 5 nitrogen and oxygen atoms in total. The van der Waals surface area contributed by atoms with Gasteiger partial charge in [-0.1, -0.05) is 64.8 Å². The van der Waals surface area contributed by atoms with Crippen LogP contribution in [0.2, 0.25) is 0 Å². The first-order valence-corrected chi connectivity index (χ1v) is 10.8. The summed E-state index contributed by atoms with van der Waals surface area (Å²) in [7, 11) is 0. The molecule has 1 heterocycles. The zero-order valence-electron chi connectivity index (χ0n) is 18.2. The SMILES string of the molecule is CCCCCOc1ccc(/C=N/n2c(-c3ccc(C(C)(C)C)cc3)n[nH]c2=S)cc1. The maximum atomic E-state index is 5.76. The zero-order chi connectivity index (χ0) is 21.6. The fourth-order valence-corrected chi connectivity index (χ4v) is 3.20. The maximum absolute atomic E-state index is 5.76. The molecule has 2 aromatic carbocycles. The maximum Gasteiger partial charge on any atom is 0.216 e. The van der Waals surface area contributed by atoms with Crippen LogP contribution in [-0.2, 0) is 5.41 Å². The van der Waals surface area contributed by atoms with Crippen LogP contribution in [0, 0.1) is 4.77 Å². The molecule has 0 amide bonds. The number of hydrogen-bond donors (Lipinski definition) is 1. The van der Waals surface area contributed by atoms with Crippen molar-refractivity contribution in [3.63, 3.8) is 0 Å². The molecule has 0 aliphatic carbocycles. The molecule has 158 valence electrons. The first-order chi connectivity index (χ1) is 14.4. The van der Waals surface area contributed by atoms with Gasteiger partial charge in [-0.15, -0.1) is 0 Å². The van der Waals surface area contributed by atoms with Crippen molar-refractivity contribution < 1.29 is 4.74 Å².